The third kappa shape index (κ3) is 4.04. The predicted molar refractivity (Wildman–Crippen MR) is 81.1 cm³/mol. The van der Waals surface area contributed by atoms with Crippen molar-refractivity contribution in [3.05, 3.63) is 48.3 Å². The zero-order chi connectivity index (χ0) is 17.0. The normalized spacial score (nSPS) is 12.9. The molecular formula is C15H15ClF3N3O. The molecule has 1 heterocycles. The molecule has 1 amide bonds. The van der Waals surface area contributed by atoms with Crippen molar-refractivity contribution in [1.82, 2.24) is 9.78 Å². The lowest BCUT2D eigenvalue weighted by atomic mass is 10.1. The summed E-state index contributed by atoms with van der Waals surface area (Å²) in [6.45, 7) is 1.54. The molecule has 0 bridgehead atoms. The second-order valence-electron chi connectivity index (χ2n) is 4.84. The van der Waals surface area contributed by atoms with Crippen LogP contribution < -0.4 is 4.90 Å². The molecule has 2 aromatic rings. The molecule has 1 aromatic heterocycles. The molecule has 1 unspecified atom stereocenters. The summed E-state index contributed by atoms with van der Waals surface area (Å²) in [7, 11) is 0. The number of carbonyl (C=O) groups is 1. The van der Waals surface area contributed by atoms with Crippen molar-refractivity contribution < 1.29 is 18.0 Å². The fraction of sp³-hybridized carbons (Fsp3) is 0.333. The zero-order valence-electron chi connectivity index (χ0n) is 12.3. The molecular weight excluding hydrogens is 331 g/mol. The van der Waals surface area contributed by atoms with E-state index in [1.165, 1.54) is 29.1 Å². The van der Waals surface area contributed by atoms with Gasteiger partial charge in [0.05, 0.1) is 11.3 Å². The van der Waals surface area contributed by atoms with Gasteiger partial charge in [0.2, 0.25) is 5.91 Å². The number of rotatable bonds is 5. The van der Waals surface area contributed by atoms with Crippen LogP contribution in [0.5, 0.6) is 0 Å². The molecule has 0 aliphatic heterocycles. The van der Waals surface area contributed by atoms with E-state index in [0.29, 0.717) is 6.42 Å². The molecule has 0 saturated carbocycles. The van der Waals surface area contributed by atoms with Crippen LogP contribution in [-0.2, 0) is 17.6 Å². The predicted octanol–water partition coefficient (Wildman–Crippen LogP) is 3.91. The van der Waals surface area contributed by atoms with Gasteiger partial charge in [0.1, 0.15) is 12.0 Å². The Morgan fingerprint density at radius 3 is 2.61 bits per heavy atom. The highest BCUT2D eigenvalue weighted by Gasteiger charge is 2.36. The monoisotopic (exact) mass is 345 g/mol. The molecule has 0 saturated heterocycles. The molecule has 8 heteroatoms. The van der Waals surface area contributed by atoms with Gasteiger partial charge in [0.25, 0.3) is 0 Å². The van der Waals surface area contributed by atoms with E-state index in [9.17, 15) is 18.0 Å². The summed E-state index contributed by atoms with van der Waals surface area (Å²) in [5.41, 5.74) is -1.12. The van der Waals surface area contributed by atoms with Crippen molar-refractivity contribution in [3.8, 4) is 0 Å². The van der Waals surface area contributed by atoms with E-state index in [0.717, 1.165) is 11.0 Å². The third-order valence-corrected chi connectivity index (χ3v) is 3.73. The van der Waals surface area contributed by atoms with E-state index < -0.39 is 23.0 Å². The van der Waals surface area contributed by atoms with Crippen LogP contribution in [0.15, 0.2) is 42.7 Å². The summed E-state index contributed by atoms with van der Waals surface area (Å²) in [6.07, 6.45) is -1.22. The molecule has 0 aliphatic rings. The van der Waals surface area contributed by atoms with E-state index in [-0.39, 0.29) is 12.4 Å². The van der Waals surface area contributed by atoms with E-state index in [1.807, 2.05) is 0 Å². The van der Waals surface area contributed by atoms with Crippen LogP contribution in [0.2, 0.25) is 0 Å². The minimum atomic E-state index is -4.58. The van der Waals surface area contributed by atoms with Crippen molar-refractivity contribution in [3.63, 3.8) is 0 Å². The van der Waals surface area contributed by atoms with Crippen LogP contribution in [-0.4, -0.2) is 21.1 Å². The first-order valence-corrected chi connectivity index (χ1v) is 7.37. The maximum atomic E-state index is 13.2. The number of amides is 1. The Morgan fingerprint density at radius 1 is 1.35 bits per heavy atom. The van der Waals surface area contributed by atoms with Gasteiger partial charge in [-0.25, -0.2) is 0 Å². The molecule has 0 radical (unpaired) electrons. The Kier molecular flexibility index (Phi) is 5.30. The lowest BCUT2D eigenvalue weighted by molar-refractivity contribution is -0.137. The Morgan fingerprint density at radius 2 is 2.04 bits per heavy atom. The molecule has 0 fully saturated rings. The van der Waals surface area contributed by atoms with Gasteiger partial charge in [-0.2, -0.15) is 18.3 Å². The average Bonchev–Trinajstić information content (AvgIpc) is 3.03. The van der Waals surface area contributed by atoms with Gasteiger partial charge in [-0.3, -0.25) is 14.4 Å². The topological polar surface area (TPSA) is 38.1 Å². The molecule has 0 spiro atoms. The van der Waals surface area contributed by atoms with Crippen LogP contribution in [0.4, 0.5) is 18.9 Å². The van der Waals surface area contributed by atoms with E-state index >= 15 is 0 Å². The fourth-order valence-corrected chi connectivity index (χ4v) is 2.20. The third-order valence-electron chi connectivity index (χ3n) is 3.24. The van der Waals surface area contributed by atoms with Crippen molar-refractivity contribution in [2.45, 2.75) is 31.6 Å². The van der Waals surface area contributed by atoms with Gasteiger partial charge in [-0.15, -0.1) is 11.6 Å². The summed E-state index contributed by atoms with van der Waals surface area (Å²) in [5.74, 6) is -0.596. The maximum Gasteiger partial charge on any atom is 0.418 e. The molecule has 4 nitrogen and oxygen atoms in total. The van der Waals surface area contributed by atoms with Crippen LogP contribution in [0.25, 0.3) is 0 Å². The van der Waals surface area contributed by atoms with Gasteiger partial charge in [0.15, 0.2) is 0 Å². The van der Waals surface area contributed by atoms with Gasteiger partial charge in [0, 0.05) is 12.4 Å². The largest absolute Gasteiger partial charge is 0.418 e. The molecule has 23 heavy (non-hydrogen) atoms. The zero-order valence-corrected chi connectivity index (χ0v) is 13.1. The SMILES string of the molecule is CCC(Cl)C(=O)N(Cn1cccn1)c1ccccc1C(F)(F)F. The van der Waals surface area contributed by atoms with E-state index in [2.05, 4.69) is 5.10 Å². The second-order valence-corrected chi connectivity index (χ2v) is 5.37. The molecule has 0 aliphatic carbocycles. The van der Waals surface area contributed by atoms with Gasteiger partial charge >= 0.3 is 6.18 Å². The number of hydrogen-bond acceptors (Lipinski definition) is 2. The highest BCUT2D eigenvalue weighted by Crippen LogP contribution is 2.37. The number of alkyl halides is 4. The Balaban J connectivity index is 2.47. The number of anilines is 1. The summed E-state index contributed by atoms with van der Waals surface area (Å²) < 4.78 is 41.1. The lowest BCUT2D eigenvalue weighted by Crippen LogP contribution is -2.39. The standard InChI is InChI=1S/C15H15ClF3N3O/c1-2-12(16)14(23)22(10-21-9-5-8-20-21)13-7-4-3-6-11(13)15(17,18)19/h3-9,12H,2,10H2,1H3. The van der Waals surface area contributed by atoms with Gasteiger partial charge in [-0.05, 0) is 24.6 Å². The first-order valence-electron chi connectivity index (χ1n) is 6.93. The minimum absolute atomic E-state index is 0.151. The van der Waals surface area contributed by atoms with Gasteiger partial charge in [-0.1, -0.05) is 19.1 Å². The van der Waals surface area contributed by atoms with Crippen LogP contribution >= 0.6 is 11.6 Å². The minimum Gasteiger partial charge on any atom is -0.290 e. The smallest absolute Gasteiger partial charge is 0.290 e. The van der Waals surface area contributed by atoms with Crippen LogP contribution in [0.3, 0.4) is 0 Å². The number of para-hydroxylation sites is 1. The van der Waals surface area contributed by atoms with Crippen LogP contribution in [0.1, 0.15) is 18.9 Å². The number of aromatic nitrogens is 2. The van der Waals surface area contributed by atoms with Crippen molar-refractivity contribution in [1.29, 1.82) is 0 Å². The summed E-state index contributed by atoms with van der Waals surface area (Å²) in [5, 5.41) is 3.03. The summed E-state index contributed by atoms with van der Waals surface area (Å²) in [4.78, 5) is 13.5. The Labute approximate surface area is 136 Å². The summed E-state index contributed by atoms with van der Waals surface area (Å²) in [6, 6.07) is 6.54. The number of hydrogen-bond donors (Lipinski definition) is 0. The maximum absolute atomic E-state index is 13.2. The quantitative estimate of drug-likeness (QED) is 0.771. The lowest BCUT2D eigenvalue weighted by Gasteiger charge is -2.27. The molecule has 2 rings (SSSR count). The fourth-order valence-electron chi connectivity index (χ4n) is 2.09. The average molecular weight is 346 g/mol. The number of carbonyl (C=O) groups excluding carboxylic acids is 1. The molecule has 1 aromatic carbocycles. The highest BCUT2D eigenvalue weighted by molar-refractivity contribution is 6.32. The van der Waals surface area contributed by atoms with E-state index in [4.69, 9.17) is 11.6 Å². The summed E-state index contributed by atoms with van der Waals surface area (Å²) >= 11 is 5.97. The van der Waals surface area contributed by atoms with Crippen molar-refractivity contribution in [2.75, 3.05) is 4.90 Å². The molecule has 0 N–H and O–H groups in total. The molecule has 1 atom stereocenters. The first-order chi connectivity index (χ1) is 10.8. The van der Waals surface area contributed by atoms with Crippen molar-refractivity contribution in [2.24, 2.45) is 0 Å². The number of benzene rings is 1. The molecule has 124 valence electrons. The second kappa shape index (κ2) is 7.04. The van der Waals surface area contributed by atoms with Crippen molar-refractivity contribution >= 4 is 23.2 Å². The Hall–Kier alpha value is -2.02. The number of halogens is 4. The Bertz CT molecular complexity index is 658. The van der Waals surface area contributed by atoms with E-state index in [1.54, 1.807) is 19.2 Å². The first kappa shape index (κ1) is 17.3. The van der Waals surface area contributed by atoms with Crippen LogP contribution in [0, 0.1) is 0 Å². The van der Waals surface area contributed by atoms with Gasteiger partial charge < -0.3 is 0 Å². The highest BCUT2D eigenvalue weighted by atomic mass is 35.5. The number of nitrogens with zero attached hydrogens (tertiary/aromatic N) is 3.